The minimum atomic E-state index is -0.710. The fraction of sp³-hybridized carbons (Fsp3) is 0.565. The molecule has 3 atom stereocenters. The summed E-state index contributed by atoms with van der Waals surface area (Å²) in [5.74, 6) is 0.683. The monoisotopic (exact) mass is 399 g/mol. The second-order valence-electron chi connectivity index (χ2n) is 8.74. The number of likely N-dealkylation sites (tertiary alicyclic amines) is 1. The summed E-state index contributed by atoms with van der Waals surface area (Å²) < 4.78 is 11.1. The van der Waals surface area contributed by atoms with Gasteiger partial charge in [-0.15, -0.1) is 0 Å². The second-order valence-corrected chi connectivity index (χ2v) is 8.74. The van der Waals surface area contributed by atoms with Crippen LogP contribution in [0.4, 0.5) is 0 Å². The van der Waals surface area contributed by atoms with Crippen molar-refractivity contribution in [2.75, 3.05) is 13.1 Å². The van der Waals surface area contributed by atoms with Crippen LogP contribution in [0.15, 0.2) is 33.5 Å². The van der Waals surface area contributed by atoms with Gasteiger partial charge in [0.15, 0.2) is 0 Å². The molecule has 156 valence electrons. The number of fused-ring (bicyclic) bond motifs is 2. The lowest BCUT2D eigenvalue weighted by atomic mass is 9.69. The van der Waals surface area contributed by atoms with Crippen molar-refractivity contribution < 1.29 is 19.1 Å². The average molecular weight is 399 g/mol. The molecule has 1 aliphatic carbocycles. The summed E-state index contributed by atoms with van der Waals surface area (Å²) in [6.07, 6.45) is 3.48. The van der Waals surface area contributed by atoms with Gasteiger partial charge in [0.1, 0.15) is 16.9 Å². The van der Waals surface area contributed by atoms with Crippen molar-refractivity contribution >= 4 is 16.9 Å². The predicted molar refractivity (Wildman–Crippen MR) is 110 cm³/mol. The third-order valence-corrected chi connectivity index (χ3v) is 6.52. The predicted octanol–water partition coefficient (Wildman–Crippen LogP) is 3.59. The van der Waals surface area contributed by atoms with Gasteiger partial charge in [-0.05, 0) is 57.2 Å². The van der Waals surface area contributed by atoms with Crippen LogP contribution in [0.3, 0.4) is 0 Å². The van der Waals surface area contributed by atoms with Gasteiger partial charge in [-0.1, -0.05) is 13.3 Å². The highest BCUT2D eigenvalue weighted by Crippen LogP contribution is 2.44. The summed E-state index contributed by atoms with van der Waals surface area (Å²) in [6, 6.07) is 6.89. The zero-order chi connectivity index (χ0) is 20.8. The molecule has 0 radical (unpaired) electrons. The third-order valence-electron chi connectivity index (χ3n) is 6.52. The molecule has 1 amide bonds. The fourth-order valence-electron chi connectivity index (χ4n) is 4.99. The van der Waals surface area contributed by atoms with Crippen molar-refractivity contribution in [3.8, 4) is 5.75 Å². The molecule has 0 bridgehead atoms. The Morgan fingerprint density at radius 1 is 1.34 bits per heavy atom. The van der Waals surface area contributed by atoms with Crippen molar-refractivity contribution in [2.45, 2.75) is 58.2 Å². The number of hydrogen-bond donors (Lipinski definition) is 1. The maximum Gasteiger partial charge on any atom is 0.349 e. The number of carbonyl (C=O) groups is 1. The highest BCUT2D eigenvalue weighted by atomic mass is 16.5. The largest absolute Gasteiger partial charge is 0.491 e. The van der Waals surface area contributed by atoms with Crippen molar-refractivity contribution in [3.05, 3.63) is 40.2 Å². The van der Waals surface area contributed by atoms with Gasteiger partial charge in [0.25, 0.3) is 5.91 Å². The highest BCUT2D eigenvalue weighted by molar-refractivity contribution is 5.97. The van der Waals surface area contributed by atoms with E-state index in [-0.39, 0.29) is 23.5 Å². The van der Waals surface area contributed by atoms with E-state index in [1.165, 1.54) is 0 Å². The molecule has 2 aromatic rings. The van der Waals surface area contributed by atoms with Crippen molar-refractivity contribution in [2.24, 2.45) is 11.8 Å². The van der Waals surface area contributed by atoms with Crippen LogP contribution < -0.4 is 10.4 Å². The van der Waals surface area contributed by atoms with E-state index < -0.39 is 11.2 Å². The summed E-state index contributed by atoms with van der Waals surface area (Å²) in [5, 5.41) is 11.7. The smallest absolute Gasteiger partial charge is 0.349 e. The van der Waals surface area contributed by atoms with Crippen molar-refractivity contribution in [1.82, 2.24) is 4.90 Å². The Balaban J connectivity index is 1.60. The quantitative estimate of drug-likeness (QED) is 0.795. The van der Waals surface area contributed by atoms with Crippen LogP contribution in [0.5, 0.6) is 5.75 Å². The zero-order valence-electron chi connectivity index (χ0n) is 17.3. The summed E-state index contributed by atoms with van der Waals surface area (Å²) in [4.78, 5) is 27.4. The van der Waals surface area contributed by atoms with E-state index in [2.05, 4.69) is 0 Å². The SMILES string of the molecule is CC[C@@]1(O)CCC[C@@H]2CN(C(=O)c3cc4ccc(OC(C)C)cc4oc3=O)C[C@@H]21. The van der Waals surface area contributed by atoms with Gasteiger partial charge in [-0.25, -0.2) is 4.79 Å². The Morgan fingerprint density at radius 2 is 2.14 bits per heavy atom. The highest BCUT2D eigenvalue weighted by Gasteiger charge is 2.49. The van der Waals surface area contributed by atoms with Gasteiger partial charge in [-0.3, -0.25) is 4.79 Å². The van der Waals surface area contributed by atoms with Gasteiger partial charge in [0, 0.05) is 30.5 Å². The molecule has 1 aromatic carbocycles. The van der Waals surface area contributed by atoms with Crippen LogP contribution in [-0.4, -0.2) is 40.7 Å². The van der Waals surface area contributed by atoms with E-state index in [1.807, 2.05) is 26.8 Å². The van der Waals surface area contributed by atoms with Crippen LogP contribution in [-0.2, 0) is 0 Å². The zero-order valence-corrected chi connectivity index (χ0v) is 17.3. The van der Waals surface area contributed by atoms with E-state index in [9.17, 15) is 14.7 Å². The van der Waals surface area contributed by atoms with Crippen LogP contribution in [0.25, 0.3) is 11.0 Å². The lowest BCUT2D eigenvalue weighted by Crippen LogP contribution is -2.44. The first-order chi connectivity index (χ1) is 13.8. The maximum atomic E-state index is 13.1. The van der Waals surface area contributed by atoms with Crippen LogP contribution in [0.2, 0.25) is 0 Å². The molecule has 2 fully saturated rings. The van der Waals surface area contributed by atoms with Crippen LogP contribution >= 0.6 is 0 Å². The third kappa shape index (κ3) is 3.66. The molecule has 6 heteroatoms. The normalized spacial score (nSPS) is 26.7. The molecular formula is C23H29NO5. The average Bonchev–Trinajstić information content (AvgIpc) is 3.12. The first-order valence-electron chi connectivity index (χ1n) is 10.6. The van der Waals surface area contributed by atoms with Gasteiger partial charge < -0.3 is 19.2 Å². The Kier molecular flexibility index (Phi) is 5.15. The van der Waals surface area contributed by atoms with E-state index in [0.717, 1.165) is 19.3 Å². The summed E-state index contributed by atoms with van der Waals surface area (Å²) in [5.41, 5.74) is -0.891. The maximum absolute atomic E-state index is 13.1. The van der Waals surface area contributed by atoms with Gasteiger partial charge in [0.05, 0.1) is 11.7 Å². The summed E-state index contributed by atoms with van der Waals surface area (Å²) in [7, 11) is 0. The fourth-order valence-corrected chi connectivity index (χ4v) is 4.99. The minimum Gasteiger partial charge on any atom is -0.491 e. The molecule has 1 saturated heterocycles. The molecule has 2 heterocycles. The molecule has 0 spiro atoms. The first kappa shape index (κ1) is 20.0. The molecule has 1 N–H and O–H groups in total. The molecule has 6 nitrogen and oxygen atoms in total. The van der Waals surface area contributed by atoms with Gasteiger partial charge >= 0.3 is 5.63 Å². The number of ether oxygens (including phenoxy) is 1. The summed E-state index contributed by atoms with van der Waals surface area (Å²) in [6.45, 7) is 6.93. The number of hydrogen-bond acceptors (Lipinski definition) is 5. The number of rotatable bonds is 4. The Hall–Kier alpha value is -2.34. The Labute approximate surface area is 170 Å². The first-order valence-corrected chi connectivity index (χ1v) is 10.6. The molecule has 4 rings (SSSR count). The molecule has 1 saturated carbocycles. The van der Waals surface area contributed by atoms with Gasteiger partial charge in [-0.2, -0.15) is 0 Å². The molecular weight excluding hydrogens is 370 g/mol. The van der Waals surface area contributed by atoms with Crippen LogP contribution in [0.1, 0.15) is 56.8 Å². The Bertz CT molecular complexity index is 981. The number of amides is 1. The molecule has 1 aliphatic heterocycles. The van der Waals surface area contributed by atoms with E-state index >= 15 is 0 Å². The lowest BCUT2D eigenvalue weighted by molar-refractivity contribution is -0.0609. The van der Waals surface area contributed by atoms with E-state index in [0.29, 0.717) is 42.1 Å². The number of benzene rings is 1. The van der Waals surface area contributed by atoms with Crippen molar-refractivity contribution in [3.63, 3.8) is 0 Å². The minimum absolute atomic E-state index is 0.0143. The molecule has 1 aromatic heterocycles. The number of nitrogens with zero attached hydrogens (tertiary/aromatic N) is 1. The van der Waals surface area contributed by atoms with Crippen LogP contribution in [0, 0.1) is 11.8 Å². The number of carbonyl (C=O) groups excluding carboxylic acids is 1. The molecule has 2 aliphatic rings. The Morgan fingerprint density at radius 3 is 2.86 bits per heavy atom. The second kappa shape index (κ2) is 7.48. The molecule has 29 heavy (non-hydrogen) atoms. The van der Waals surface area contributed by atoms with E-state index in [4.69, 9.17) is 9.15 Å². The topological polar surface area (TPSA) is 80.0 Å². The standard InChI is InChI=1S/C23H29NO5/c1-4-23(27)9-5-6-16-12-24(13-19(16)23)21(25)18-10-15-7-8-17(28-14(2)3)11-20(15)29-22(18)26/h7-8,10-11,14,16,19,27H,4-6,9,12-13H2,1-3H3/t16-,19+,23-/m1/s1. The van der Waals surface area contributed by atoms with Gasteiger partial charge in [0.2, 0.25) is 0 Å². The number of aliphatic hydroxyl groups is 1. The lowest BCUT2D eigenvalue weighted by Gasteiger charge is -2.40. The van der Waals surface area contributed by atoms with E-state index in [1.54, 1.807) is 23.1 Å². The summed E-state index contributed by atoms with van der Waals surface area (Å²) >= 11 is 0. The van der Waals surface area contributed by atoms with Crippen molar-refractivity contribution in [1.29, 1.82) is 0 Å². The molecule has 0 unspecified atom stereocenters.